The summed E-state index contributed by atoms with van der Waals surface area (Å²) in [6, 6.07) is 0. The van der Waals surface area contributed by atoms with Gasteiger partial charge in [-0.05, 0) is 218 Å². The van der Waals surface area contributed by atoms with Crippen LogP contribution in [0.1, 0.15) is 288 Å². The molecule has 2 aliphatic heterocycles. The van der Waals surface area contributed by atoms with Crippen LogP contribution in [-0.4, -0.2) is 140 Å². The van der Waals surface area contributed by atoms with Crippen LogP contribution in [-0.2, 0) is 57.1 Å². The second-order valence-corrected chi connectivity index (χ2v) is 31.2. The highest BCUT2D eigenvalue weighted by Crippen LogP contribution is 2.73. The highest BCUT2D eigenvalue weighted by atomic mass is 19.4. The molecule has 6 aliphatic carbocycles. The molecule has 4 N–H and O–H groups in total. The second-order valence-electron chi connectivity index (χ2n) is 31.2. The molecule has 10 atom stereocenters. The Labute approximate surface area is 574 Å². The van der Waals surface area contributed by atoms with Crippen LogP contribution in [0.15, 0.2) is 0 Å². The average molecular weight is 1410 g/mol. The fourth-order valence-corrected chi connectivity index (χ4v) is 13.1. The van der Waals surface area contributed by atoms with Crippen molar-refractivity contribution < 1.29 is 113 Å². The molecule has 16 nitrogen and oxygen atoms in total. The quantitative estimate of drug-likeness (QED) is 0.0568. The maximum absolute atomic E-state index is 14.0. The molecule has 2 heterocycles. The predicted molar refractivity (Wildman–Crippen MR) is 360 cm³/mol. The maximum atomic E-state index is 14.0. The monoisotopic (exact) mass is 1410 g/mol. The van der Waals surface area contributed by atoms with Gasteiger partial charge in [0.15, 0.2) is 5.60 Å². The van der Waals surface area contributed by atoms with Crippen LogP contribution in [0.25, 0.3) is 0 Å². The van der Waals surface area contributed by atoms with Crippen molar-refractivity contribution in [3.63, 3.8) is 0 Å². The third-order valence-corrected chi connectivity index (χ3v) is 21.4. The number of carbonyl (C=O) groups excluding carboxylic acids is 5. The van der Waals surface area contributed by atoms with E-state index in [1.54, 1.807) is 20.8 Å². The van der Waals surface area contributed by atoms with Gasteiger partial charge in [-0.25, -0.2) is 0 Å². The molecule has 0 radical (unpaired) electrons. The van der Waals surface area contributed by atoms with E-state index in [2.05, 4.69) is 9.47 Å². The normalized spacial score (nSPS) is 30.0. The van der Waals surface area contributed by atoms with Crippen molar-refractivity contribution in [2.24, 2.45) is 56.2 Å². The molecule has 576 valence electrons. The van der Waals surface area contributed by atoms with Gasteiger partial charge < -0.3 is 53.6 Å². The van der Waals surface area contributed by atoms with Gasteiger partial charge in [-0.1, -0.05) is 87.1 Å². The number of cyclic esters (lactones) is 1. The Hall–Kier alpha value is -3.45. The van der Waals surface area contributed by atoms with Gasteiger partial charge in [-0.3, -0.25) is 24.0 Å². The Balaban J connectivity index is -0.000000381. The molecule has 2 saturated heterocycles. The molecule has 8 fully saturated rings. The van der Waals surface area contributed by atoms with Crippen LogP contribution in [0.5, 0.6) is 0 Å². The first-order chi connectivity index (χ1) is 39.3. The zero-order chi connectivity index (χ0) is 68.3. The molecule has 0 aromatic rings. The summed E-state index contributed by atoms with van der Waals surface area (Å²) >= 11 is 0. The Morgan fingerprint density at radius 3 is 1.31 bits per heavy atom. The summed E-state index contributed by atoms with van der Waals surface area (Å²) in [5.74, 6) is -10.6. The first-order valence-electron chi connectivity index (χ1n) is 31.0. The third kappa shape index (κ3) is 20.9. The molecular formula is C72H136F8O16. The van der Waals surface area contributed by atoms with Crippen molar-refractivity contribution in [1.29, 1.82) is 0 Å². The molecule has 96 heavy (non-hydrogen) atoms. The molecule has 0 amide bonds. The molecule has 8 rings (SSSR count). The molecule has 8 aliphatic rings. The van der Waals surface area contributed by atoms with E-state index in [0.717, 1.165) is 58.3 Å². The molecule has 0 aromatic heterocycles. The number of alkyl halides is 8. The van der Waals surface area contributed by atoms with Crippen molar-refractivity contribution in [2.75, 3.05) is 19.8 Å². The predicted octanol–water partition coefficient (Wildman–Crippen LogP) is 17.7. The smallest absolute Gasteiger partial charge is 0.449 e. The van der Waals surface area contributed by atoms with Gasteiger partial charge in [0, 0.05) is 10.8 Å². The lowest BCUT2D eigenvalue weighted by atomic mass is 9.37. The Bertz CT molecular complexity index is 2460. The van der Waals surface area contributed by atoms with Crippen LogP contribution >= 0.6 is 0 Å². The summed E-state index contributed by atoms with van der Waals surface area (Å²) < 4.78 is 140. The first-order valence-corrected chi connectivity index (χ1v) is 31.0. The number of fused-ring (bicyclic) bond motifs is 2. The number of halogens is 8. The van der Waals surface area contributed by atoms with E-state index in [1.165, 1.54) is 13.8 Å². The van der Waals surface area contributed by atoms with Crippen molar-refractivity contribution in [3.05, 3.63) is 0 Å². The minimum Gasteiger partial charge on any atom is -0.462 e. The van der Waals surface area contributed by atoms with E-state index in [-0.39, 0.29) is 144 Å². The van der Waals surface area contributed by atoms with Crippen molar-refractivity contribution in [1.82, 2.24) is 0 Å². The minimum atomic E-state index is -5.74. The standard InChI is InChI=1S/C22H38O4.C20H33F3O4.C12H17F5O4.C10H16O4.8CH4/c1-8-17(2,3)16(23)26-22-11-15-9-20(13-22,18(4,5)24)12-21(10-15,14-22)19(6,7)25;1-7-17(2,3)16(24)27-15-10-12-8-13(15)9-14(12)18(4,5)26-11-19(6,25)20(21,22)23;1-5-8(2,3)7(18)21-9(4)6-20-11(19,10(9,13)14)12(15,16)17;1-4-10(2,3)9(12)14-7-5-8(11)13-6-7;;;;;;;;/h15,24-25H,8-14H2,1-7H3;12-15,25H,7-11H2,1-6H3;19H,5-6H2,1-4H3;7H,4-6H2,1-3H3;8*1H4. The van der Waals surface area contributed by atoms with E-state index < -0.39 is 98.5 Å². The summed E-state index contributed by atoms with van der Waals surface area (Å²) in [4.78, 5) is 59.4. The van der Waals surface area contributed by atoms with Gasteiger partial charge in [0.1, 0.15) is 24.4 Å². The Morgan fingerprint density at radius 2 is 0.969 bits per heavy atom. The Morgan fingerprint density at radius 1 is 0.562 bits per heavy atom. The number of carbonyl (C=O) groups is 5. The lowest BCUT2D eigenvalue weighted by molar-refractivity contribution is -0.409. The molecule has 6 bridgehead atoms. The molecule has 24 heteroatoms. The van der Waals surface area contributed by atoms with Crippen molar-refractivity contribution in [3.8, 4) is 0 Å². The SMILES string of the molecule is C.C.C.C.C.C.C.C.CCC(C)(C)C(=O)OC1(C)COC(O)(C(F)(F)F)C1(F)F.CCC(C)(C)C(=O)OC12CC3CC(C(C)(C)O)(C1)CC(C(C)(C)O)(C3)C2.CCC(C)(C)C(=O)OC1CC2CC1CC2C(C)(C)OCC(C)(O)C(F)(F)F.CCC(C)(C)C(=O)OC1COC(=O)C1. The molecule has 6 saturated carbocycles. The largest absolute Gasteiger partial charge is 0.462 e. The van der Waals surface area contributed by atoms with Crippen LogP contribution in [0.4, 0.5) is 35.1 Å². The zero-order valence-corrected chi connectivity index (χ0v) is 55.7. The van der Waals surface area contributed by atoms with E-state index in [1.807, 2.05) is 90.0 Å². The van der Waals surface area contributed by atoms with Crippen LogP contribution in [0.3, 0.4) is 0 Å². The van der Waals surface area contributed by atoms with Gasteiger partial charge in [0.2, 0.25) is 5.60 Å². The Kier molecular flexibility index (Phi) is 35.4. The number of ether oxygens (including phenoxy) is 7. The fraction of sp³-hybridized carbons (Fsp3) is 0.931. The number of hydrogen-bond donors (Lipinski definition) is 4. The summed E-state index contributed by atoms with van der Waals surface area (Å²) in [5, 5.41) is 41.0. The van der Waals surface area contributed by atoms with Gasteiger partial charge >= 0.3 is 53.9 Å². The average Bonchev–Trinajstić information content (AvgIpc) is 0.870. The van der Waals surface area contributed by atoms with Gasteiger partial charge in [0.05, 0.1) is 58.1 Å². The molecule has 10 unspecified atom stereocenters. The molecular weight excluding hydrogens is 1270 g/mol. The summed E-state index contributed by atoms with van der Waals surface area (Å²) in [7, 11) is 0. The van der Waals surface area contributed by atoms with E-state index in [0.29, 0.717) is 38.5 Å². The minimum absolute atomic E-state index is 0. The van der Waals surface area contributed by atoms with Crippen molar-refractivity contribution in [2.45, 2.75) is 358 Å². The molecule has 0 aromatic carbocycles. The number of esters is 5. The fourth-order valence-electron chi connectivity index (χ4n) is 13.1. The number of hydrogen-bond acceptors (Lipinski definition) is 16. The summed E-state index contributed by atoms with van der Waals surface area (Å²) in [6.45, 7) is 32.2. The lowest BCUT2D eigenvalue weighted by Crippen LogP contribution is -2.70. The third-order valence-electron chi connectivity index (χ3n) is 21.4. The van der Waals surface area contributed by atoms with Crippen LogP contribution < -0.4 is 0 Å². The number of rotatable bonds is 18. The van der Waals surface area contributed by atoms with E-state index in [4.69, 9.17) is 23.7 Å². The van der Waals surface area contributed by atoms with E-state index in [9.17, 15) is 79.5 Å². The van der Waals surface area contributed by atoms with Crippen LogP contribution in [0, 0.1) is 56.2 Å². The van der Waals surface area contributed by atoms with Gasteiger partial charge in [-0.15, -0.1) is 0 Å². The summed E-state index contributed by atoms with van der Waals surface area (Å²) in [6.07, 6.45) is -0.984. The maximum Gasteiger partial charge on any atom is 0.449 e. The zero-order valence-electron chi connectivity index (χ0n) is 55.7. The van der Waals surface area contributed by atoms with E-state index >= 15 is 0 Å². The highest BCUT2D eigenvalue weighted by Gasteiger charge is 2.83. The molecule has 0 spiro atoms. The van der Waals surface area contributed by atoms with Gasteiger partial charge in [0.25, 0.3) is 0 Å². The second kappa shape index (κ2) is 33.6. The van der Waals surface area contributed by atoms with Crippen LogP contribution in [0.2, 0.25) is 0 Å². The van der Waals surface area contributed by atoms with Crippen molar-refractivity contribution >= 4 is 29.8 Å². The topological polar surface area (TPSA) is 231 Å². The first kappa shape index (κ1) is 101. The lowest BCUT2D eigenvalue weighted by Gasteiger charge is -2.70. The highest BCUT2D eigenvalue weighted by molar-refractivity contribution is 5.78. The number of aliphatic hydroxyl groups is 4. The van der Waals surface area contributed by atoms with Gasteiger partial charge in [-0.2, -0.15) is 35.1 Å². The summed E-state index contributed by atoms with van der Waals surface area (Å²) in [5.41, 5.74) is -12.1.